The van der Waals surface area contributed by atoms with Gasteiger partial charge in [0.05, 0.1) is 12.2 Å². The summed E-state index contributed by atoms with van der Waals surface area (Å²) in [5.74, 6) is -0.395. The summed E-state index contributed by atoms with van der Waals surface area (Å²) < 4.78 is 4.89. The van der Waals surface area contributed by atoms with Crippen LogP contribution in [0.1, 0.15) is 5.69 Å². The number of piperazine rings is 1. The number of carbonyl (C=O) groups is 2. The zero-order valence-electron chi connectivity index (χ0n) is 10.7. The zero-order chi connectivity index (χ0) is 13.8. The summed E-state index contributed by atoms with van der Waals surface area (Å²) in [5.41, 5.74) is 6.00. The number of aryl methyl sites for hydroxylation is 1. The maximum Gasteiger partial charge on any atom is 0.240 e. The number of amides is 2. The van der Waals surface area contributed by atoms with Crippen LogP contribution in [-0.2, 0) is 9.59 Å². The molecule has 0 aliphatic carbocycles. The van der Waals surface area contributed by atoms with Gasteiger partial charge in [0, 0.05) is 25.7 Å². The Hall–Kier alpha value is -1.93. The molecule has 4 N–H and O–H groups in total. The Kier molecular flexibility index (Phi) is 4.13. The molecule has 104 valence electrons. The third-order valence-electron chi connectivity index (χ3n) is 2.92. The SMILES string of the molecule is Cc1cc(NC(=O)CN2CCNCC2C(N)=O)on1. The van der Waals surface area contributed by atoms with Crippen LogP contribution in [0.2, 0.25) is 0 Å². The number of carbonyl (C=O) groups excluding carboxylic acids is 2. The molecule has 0 radical (unpaired) electrons. The summed E-state index contributed by atoms with van der Waals surface area (Å²) >= 11 is 0. The van der Waals surface area contributed by atoms with E-state index in [2.05, 4.69) is 15.8 Å². The number of hydrogen-bond donors (Lipinski definition) is 3. The topological polar surface area (TPSA) is 113 Å². The molecule has 0 spiro atoms. The van der Waals surface area contributed by atoms with Crippen molar-refractivity contribution in [3.63, 3.8) is 0 Å². The Morgan fingerprint density at radius 1 is 1.68 bits per heavy atom. The molecule has 2 rings (SSSR count). The molecular formula is C11H17N5O3. The minimum absolute atomic E-state index is 0.0923. The number of anilines is 1. The summed E-state index contributed by atoms with van der Waals surface area (Å²) in [6.07, 6.45) is 0. The van der Waals surface area contributed by atoms with Crippen LogP contribution >= 0.6 is 0 Å². The molecule has 1 fully saturated rings. The Balaban J connectivity index is 1.91. The second kappa shape index (κ2) is 5.81. The first-order valence-electron chi connectivity index (χ1n) is 6.03. The second-order valence-electron chi connectivity index (χ2n) is 4.47. The van der Waals surface area contributed by atoms with Crippen LogP contribution in [0.15, 0.2) is 10.6 Å². The van der Waals surface area contributed by atoms with Crippen LogP contribution < -0.4 is 16.4 Å². The number of hydrogen-bond acceptors (Lipinski definition) is 6. The van der Waals surface area contributed by atoms with Gasteiger partial charge >= 0.3 is 0 Å². The third kappa shape index (κ3) is 3.52. The van der Waals surface area contributed by atoms with Gasteiger partial charge in [-0.2, -0.15) is 0 Å². The normalized spacial score (nSPS) is 20.2. The molecule has 19 heavy (non-hydrogen) atoms. The van der Waals surface area contributed by atoms with Gasteiger partial charge in [0.15, 0.2) is 0 Å². The molecule has 1 aromatic rings. The lowest BCUT2D eigenvalue weighted by molar-refractivity contribution is -0.125. The lowest BCUT2D eigenvalue weighted by atomic mass is 10.2. The van der Waals surface area contributed by atoms with E-state index in [0.717, 1.165) is 6.54 Å². The van der Waals surface area contributed by atoms with Crippen LogP contribution in [0, 0.1) is 6.92 Å². The van der Waals surface area contributed by atoms with Gasteiger partial charge < -0.3 is 15.6 Å². The van der Waals surface area contributed by atoms with Crippen LogP contribution in [0.25, 0.3) is 0 Å². The van der Waals surface area contributed by atoms with E-state index >= 15 is 0 Å². The molecule has 8 heteroatoms. The average molecular weight is 267 g/mol. The second-order valence-corrected chi connectivity index (χ2v) is 4.47. The minimum atomic E-state index is -0.462. The molecule has 1 saturated heterocycles. The highest BCUT2D eigenvalue weighted by molar-refractivity contribution is 5.91. The molecule has 8 nitrogen and oxygen atoms in total. The van der Waals surface area contributed by atoms with E-state index in [1.54, 1.807) is 17.9 Å². The minimum Gasteiger partial charge on any atom is -0.368 e. The van der Waals surface area contributed by atoms with Crippen molar-refractivity contribution in [3.8, 4) is 0 Å². The van der Waals surface area contributed by atoms with Crippen molar-refractivity contribution >= 4 is 17.7 Å². The van der Waals surface area contributed by atoms with Crippen molar-refractivity contribution in [2.75, 3.05) is 31.5 Å². The molecule has 2 amide bonds. The molecular weight excluding hydrogens is 250 g/mol. The fraction of sp³-hybridized carbons (Fsp3) is 0.545. The fourth-order valence-electron chi connectivity index (χ4n) is 2.00. The van der Waals surface area contributed by atoms with E-state index in [-0.39, 0.29) is 12.5 Å². The standard InChI is InChI=1S/C11H17N5O3/c1-7-4-10(19-15-7)14-9(17)6-16-3-2-13-5-8(16)11(12)18/h4,8,13H,2-3,5-6H2,1H3,(H2,12,18)(H,14,17). The molecule has 1 unspecified atom stereocenters. The predicted molar refractivity (Wildman–Crippen MR) is 67.3 cm³/mol. The molecule has 1 aliphatic heterocycles. The highest BCUT2D eigenvalue weighted by atomic mass is 16.5. The van der Waals surface area contributed by atoms with Crippen LogP contribution in [-0.4, -0.2) is 54.1 Å². The number of primary amides is 1. The highest BCUT2D eigenvalue weighted by Crippen LogP contribution is 2.09. The Bertz CT molecular complexity index is 473. The van der Waals surface area contributed by atoms with Crippen LogP contribution in [0.4, 0.5) is 5.88 Å². The van der Waals surface area contributed by atoms with E-state index in [4.69, 9.17) is 10.3 Å². The van der Waals surface area contributed by atoms with E-state index < -0.39 is 11.9 Å². The van der Waals surface area contributed by atoms with Gasteiger partial charge in [0.1, 0.15) is 6.04 Å². The molecule has 1 aromatic heterocycles. The van der Waals surface area contributed by atoms with Crippen molar-refractivity contribution in [3.05, 3.63) is 11.8 Å². The summed E-state index contributed by atoms with van der Waals surface area (Å²) in [4.78, 5) is 24.9. The molecule has 0 aromatic carbocycles. The summed E-state index contributed by atoms with van der Waals surface area (Å²) in [7, 11) is 0. The van der Waals surface area contributed by atoms with Crippen LogP contribution in [0.3, 0.4) is 0 Å². The van der Waals surface area contributed by atoms with Gasteiger partial charge in [-0.3, -0.25) is 19.8 Å². The maximum absolute atomic E-state index is 11.8. The van der Waals surface area contributed by atoms with Crippen LogP contribution in [0.5, 0.6) is 0 Å². The number of nitrogens with zero attached hydrogens (tertiary/aromatic N) is 2. The molecule has 0 bridgehead atoms. The van der Waals surface area contributed by atoms with Gasteiger partial charge in [-0.25, -0.2) is 0 Å². The number of nitrogens with one attached hydrogen (secondary N) is 2. The van der Waals surface area contributed by atoms with Gasteiger partial charge in [0.25, 0.3) is 0 Å². The lowest BCUT2D eigenvalue weighted by Gasteiger charge is -2.33. The Morgan fingerprint density at radius 2 is 2.47 bits per heavy atom. The number of nitrogens with two attached hydrogens (primary N) is 1. The molecule has 0 saturated carbocycles. The largest absolute Gasteiger partial charge is 0.368 e. The van der Waals surface area contributed by atoms with Gasteiger partial charge in [0.2, 0.25) is 17.7 Å². The smallest absolute Gasteiger partial charge is 0.240 e. The Labute approximate surface area is 110 Å². The van der Waals surface area contributed by atoms with E-state index in [9.17, 15) is 9.59 Å². The van der Waals surface area contributed by atoms with Gasteiger partial charge in [-0.05, 0) is 6.92 Å². The lowest BCUT2D eigenvalue weighted by Crippen LogP contribution is -2.58. The van der Waals surface area contributed by atoms with Crippen molar-refractivity contribution < 1.29 is 14.1 Å². The quantitative estimate of drug-likeness (QED) is 0.623. The summed E-state index contributed by atoms with van der Waals surface area (Å²) in [5, 5.41) is 9.33. The van der Waals surface area contributed by atoms with E-state index in [0.29, 0.717) is 24.7 Å². The number of rotatable bonds is 4. The summed E-state index contributed by atoms with van der Waals surface area (Å²) in [6.45, 7) is 3.63. The van der Waals surface area contributed by atoms with E-state index in [1.165, 1.54) is 0 Å². The Morgan fingerprint density at radius 3 is 3.11 bits per heavy atom. The summed E-state index contributed by atoms with van der Waals surface area (Å²) in [6, 6.07) is 1.16. The molecule has 1 atom stereocenters. The average Bonchev–Trinajstić information content (AvgIpc) is 2.75. The maximum atomic E-state index is 11.8. The monoisotopic (exact) mass is 267 g/mol. The van der Waals surface area contributed by atoms with Crippen molar-refractivity contribution in [2.24, 2.45) is 5.73 Å². The van der Waals surface area contributed by atoms with Gasteiger partial charge in [-0.15, -0.1) is 0 Å². The predicted octanol–water partition coefficient (Wildman–Crippen LogP) is -1.32. The fourth-order valence-corrected chi connectivity index (χ4v) is 2.00. The van der Waals surface area contributed by atoms with E-state index in [1.807, 2.05) is 0 Å². The first kappa shape index (κ1) is 13.5. The third-order valence-corrected chi connectivity index (χ3v) is 2.92. The molecule has 2 heterocycles. The first-order valence-corrected chi connectivity index (χ1v) is 6.03. The van der Waals surface area contributed by atoms with Crippen molar-refractivity contribution in [1.82, 2.24) is 15.4 Å². The number of aromatic nitrogens is 1. The van der Waals surface area contributed by atoms with Crippen molar-refractivity contribution in [1.29, 1.82) is 0 Å². The molecule has 1 aliphatic rings. The first-order chi connectivity index (χ1) is 9.06. The zero-order valence-corrected chi connectivity index (χ0v) is 10.7. The van der Waals surface area contributed by atoms with Crippen molar-refractivity contribution in [2.45, 2.75) is 13.0 Å². The van der Waals surface area contributed by atoms with Gasteiger partial charge in [-0.1, -0.05) is 5.16 Å². The highest BCUT2D eigenvalue weighted by Gasteiger charge is 2.28.